The van der Waals surface area contributed by atoms with Gasteiger partial charge in [-0.3, -0.25) is 5.10 Å². The highest BCUT2D eigenvalue weighted by Gasteiger charge is 2.12. The van der Waals surface area contributed by atoms with E-state index in [-0.39, 0.29) is 0 Å². The maximum absolute atomic E-state index is 5.87. The Morgan fingerprint density at radius 1 is 1.06 bits per heavy atom. The van der Waals surface area contributed by atoms with Gasteiger partial charge in [0.1, 0.15) is 5.82 Å². The molecule has 3 rings (SSSR count). The highest BCUT2D eigenvalue weighted by molar-refractivity contribution is 7.14. The number of aromatic nitrogens is 2. The molecule has 0 saturated heterocycles. The average Bonchev–Trinajstić information content (AvgIpc) is 2.98. The lowest BCUT2D eigenvalue weighted by Gasteiger charge is -2.02. The quantitative estimate of drug-likeness (QED) is 0.722. The molecule has 0 aliphatic heterocycles. The van der Waals surface area contributed by atoms with Gasteiger partial charge in [0.15, 0.2) is 0 Å². The standard InChI is InChI=1S/C13H11N3S/c14-13-11(8-15-16-13)12-10(6-7-17-12)9-4-2-1-3-5-9/h1-8H,(H3,14,15,16). The number of thiophene rings is 1. The lowest BCUT2D eigenvalue weighted by Crippen LogP contribution is -1.87. The average molecular weight is 241 g/mol. The van der Waals surface area contributed by atoms with E-state index in [1.165, 1.54) is 11.1 Å². The van der Waals surface area contributed by atoms with Crippen LogP contribution >= 0.6 is 11.3 Å². The molecule has 0 atom stereocenters. The molecule has 2 aromatic heterocycles. The van der Waals surface area contributed by atoms with Crippen molar-refractivity contribution in [2.45, 2.75) is 0 Å². The maximum atomic E-state index is 5.87. The Kier molecular flexibility index (Phi) is 2.42. The van der Waals surface area contributed by atoms with Crippen molar-refractivity contribution in [3.8, 4) is 21.6 Å². The molecular weight excluding hydrogens is 230 g/mol. The zero-order chi connectivity index (χ0) is 11.7. The van der Waals surface area contributed by atoms with Crippen molar-refractivity contribution in [2.24, 2.45) is 0 Å². The van der Waals surface area contributed by atoms with Gasteiger partial charge in [-0.2, -0.15) is 5.10 Å². The zero-order valence-corrected chi connectivity index (χ0v) is 9.87. The third kappa shape index (κ3) is 1.72. The van der Waals surface area contributed by atoms with Crippen LogP contribution in [0.25, 0.3) is 21.6 Å². The van der Waals surface area contributed by atoms with Crippen LogP contribution in [-0.4, -0.2) is 10.2 Å². The van der Waals surface area contributed by atoms with Crippen LogP contribution in [0.3, 0.4) is 0 Å². The molecule has 3 N–H and O–H groups in total. The number of H-pyrrole nitrogens is 1. The van der Waals surface area contributed by atoms with Crippen LogP contribution < -0.4 is 5.73 Å². The van der Waals surface area contributed by atoms with Gasteiger partial charge in [0.2, 0.25) is 0 Å². The fraction of sp³-hybridized carbons (Fsp3) is 0. The summed E-state index contributed by atoms with van der Waals surface area (Å²) in [6, 6.07) is 12.4. The smallest absolute Gasteiger partial charge is 0.127 e. The summed E-state index contributed by atoms with van der Waals surface area (Å²) in [7, 11) is 0. The molecule has 0 radical (unpaired) electrons. The molecule has 0 aliphatic rings. The Bertz CT molecular complexity index is 625. The molecule has 0 fully saturated rings. The molecule has 0 spiro atoms. The Labute approximate surface area is 103 Å². The van der Waals surface area contributed by atoms with Crippen molar-refractivity contribution in [1.82, 2.24) is 10.2 Å². The van der Waals surface area contributed by atoms with Crippen molar-refractivity contribution in [2.75, 3.05) is 5.73 Å². The van der Waals surface area contributed by atoms with Crippen LogP contribution in [0.5, 0.6) is 0 Å². The van der Waals surface area contributed by atoms with Crippen LogP contribution in [0.1, 0.15) is 0 Å². The second kappa shape index (κ2) is 4.07. The van der Waals surface area contributed by atoms with Crippen LogP contribution in [-0.2, 0) is 0 Å². The first kappa shape index (κ1) is 10.1. The second-order valence-corrected chi connectivity index (χ2v) is 4.64. The fourth-order valence-electron chi connectivity index (χ4n) is 1.84. The number of aromatic amines is 1. The van der Waals surface area contributed by atoms with Crippen LogP contribution in [0.4, 0.5) is 5.82 Å². The number of nitrogen functional groups attached to an aromatic ring is 1. The number of nitrogens with zero attached hydrogens (tertiary/aromatic N) is 1. The fourth-order valence-corrected chi connectivity index (χ4v) is 2.78. The van der Waals surface area contributed by atoms with E-state index in [4.69, 9.17) is 5.73 Å². The number of hydrogen-bond donors (Lipinski definition) is 2. The Hall–Kier alpha value is -2.07. The van der Waals surface area contributed by atoms with Crippen molar-refractivity contribution in [1.29, 1.82) is 0 Å². The number of benzene rings is 1. The lowest BCUT2D eigenvalue weighted by molar-refractivity contribution is 1.10. The summed E-state index contributed by atoms with van der Waals surface area (Å²) < 4.78 is 0. The Morgan fingerprint density at radius 2 is 1.88 bits per heavy atom. The van der Waals surface area contributed by atoms with E-state index in [0.29, 0.717) is 5.82 Å². The molecular formula is C13H11N3S. The lowest BCUT2D eigenvalue weighted by atomic mass is 10.0. The van der Waals surface area contributed by atoms with Crippen molar-refractivity contribution in [3.05, 3.63) is 48.0 Å². The van der Waals surface area contributed by atoms with Gasteiger partial charge in [0, 0.05) is 10.4 Å². The predicted octanol–water partition coefficient (Wildman–Crippen LogP) is 3.39. The van der Waals surface area contributed by atoms with Gasteiger partial charge in [-0.15, -0.1) is 11.3 Å². The molecule has 0 unspecified atom stereocenters. The van der Waals surface area contributed by atoms with E-state index >= 15 is 0 Å². The summed E-state index contributed by atoms with van der Waals surface area (Å²) in [5.41, 5.74) is 9.23. The van der Waals surface area contributed by atoms with E-state index < -0.39 is 0 Å². The SMILES string of the molecule is Nc1[nH]ncc1-c1sccc1-c1ccccc1. The van der Waals surface area contributed by atoms with Gasteiger partial charge >= 0.3 is 0 Å². The number of nitrogens with two attached hydrogens (primary N) is 1. The molecule has 84 valence electrons. The molecule has 17 heavy (non-hydrogen) atoms. The first-order valence-electron chi connectivity index (χ1n) is 5.28. The highest BCUT2D eigenvalue weighted by Crippen LogP contribution is 2.38. The van der Waals surface area contributed by atoms with Gasteiger partial charge in [-0.1, -0.05) is 30.3 Å². The molecule has 2 heterocycles. The Balaban J connectivity index is 2.16. The van der Waals surface area contributed by atoms with Crippen LogP contribution in [0.2, 0.25) is 0 Å². The minimum atomic E-state index is 0.615. The normalized spacial score (nSPS) is 10.6. The number of nitrogens with one attached hydrogen (secondary N) is 1. The van der Waals surface area contributed by atoms with E-state index in [1.54, 1.807) is 17.5 Å². The summed E-state index contributed by atoms with van der Waals surface area (Å²) in [5.74, 6) is 0.615. The Morgan fingerprint density at radius 3 is 2.59 bits per heavy atom. The van der Waals surface area contributed by atoms with Crippen molar-refractivity contribution in [3.63, 3.8) is 0 Å². The molecule has 0 amide bonds. The van der Waals surface area contributed by atoms with Gasteiger partial charge in [-0.05, 0) is 17.0 Å². The molecule has 3 nitrogen and oxygen atoms in total. The third-order valence-electron chi connectivity index (χ3n) is 2.66. The van der Waals surface area contributed by atoms with Gasteiger partial charge < -0.3 is 5.73 Å². The largest absolute Gasteiger partial charge is 0.384 e. The zero-order valence-electron chi connectivity index (χ0n) is 9.05. The third-order valence-corrected chi connectivity index (χ3v) is 3.61. The highest BCUT2D eigenvalue weighted by atomic mass is 32.1. The van der Waals surface area contributed by atoms with Gasteiger partial charge in [0.05, 0.1) is 11.8 Å². The van der Waals surface area contributed by atoms with Crippen molar-refractivity contribution >= 4 is 17.2 Å². The van der Waals surface area contributed by atoms with E-state index in [9.17, 15) is 0 Å². The summed E-state index contributed by atoms with van der Waals surface area (Å²) in [6.07, 6.45) is 1.77. The molecule has 1 aromatic carbocycles. The minimum Gasteiger partial charge on any atom is -0.384 e. The van der Waals surface area contributed by atoms with E-state index in [0.717, 1.165) is 10.4 Å². The predicted molar refractivity (Wildman–Crippen MR) is 71.7 cm³/mol. The second-order valence-electron chi connectivity index (χ2n) is 3.73. The molecule has 4 heteroatoms. The topological polar surface area (TPSA) is 54.7 Å². The summed E-state index contributed by atoms with van der Waals surface area (Å²) >= 11 is 1.68. The van der Waals surface area contributed by atoms with E-state index in [1.807, 2.05) is 18.2 Å². The minimum absolute atomic E-state index is 0.615. The maximum Gasteiger partial charge on any atom is 0.127 e. The molecule has 0 saturated carbocycles. The summed E-state index contributed by atoms with van der Waals surface area (Å²) in [5, 5.41) is 8.81. The monoisotopic (exact) mass is 241 g/mol. The molecule has 0 aliphatic carbocycles. The first-order chi connectivity index (χ1) is 8.36. The molecule has 0 bridgehead atoms. The van der Waals surface area contributed by atoms with E-state index in [2.05, 4.69) is 33.8 Å². The summed E-state index contributed by atoms with van der Waals surface area (Å²) in [4.78, 5) is 1.16. The van der Waals surface area contributed by atoms with Crippen LogP contribution in [0.15, 0.2) is 48.0 Å². The summed E-state index contributed by atoms with van der Waals surface area (Å²) in [6.45, 7) is 0. The molecule has 3 aromatic rings. The number of rotatable bonds is 2. The van der Waals surface area contributed by atoms with Crippen LogP contribution in [0, 0.1) is 0 Å². The number of hydrogen-bond acceptors (Lipinski definition) is 3. The number of anilines is 1. The van der Waals surface area contributed by atoms with Gasteiger partial charge in [0.25, 0.3) is 0 Å². The van der Waals surface area contributed by atoms with Crippen molar-refractivity contribution < 1.29 is 0 Å². The first-order valence-corrected chi connectivity index (χ1v) is 6.16. The van der Waals surface area contributed by atoms with Gasteiger partial charge in [-0.25, -0.2) is 0 Å².